The minimum atomic E-state index is -0.259. The molecule has 0 spiro atoms. The predicted molar refractivity (Wildman–Crippen MR) is 76.4 cm³/mol. The average Bonchev–Trinajstić information content (AvgIpc) is 2.85. The van der Waals surface area contributed by atoms with Gasteiger partial charge >= 0.3 is 0 Å². The Labute approximate surface area is 117 Å². The van der Waals surface area contributed by atoms with E-state index >= 15 is 0 Å². The minimum Gasteiger partial charge on any atom is -0.479 e. The van der Waals surface area contributed by atoms with Crippen LogP contribution in [0.15, 0.2) is 18.5 Å². The summed E-state index contributed by atoms with van der Waals surface area (Å²) in [6.07, 6.45) is 3.12. The maximum Gasteiger partial charge on any atom is 0.259 e. The summed E-state index contributed by atoms with van der Waals surface area (Å²) in [6, 6.07) is 1.81. The van der Waals surface area contributed by atoms with Gasteiger partial charge in [0.25, 0.3) is 5.91 Å². The number of ether oxygens (including phenoxy) is 1. The van der Waals surface area contributed by atoms with Gasteiger partial charge in [0, 0.05) is 26.0 Å². The van der Waals surface area contributed by atoms with Crippen molar-refractivity contribution in [3.8, 4) is 5.88 Å². The fourth-order valence-electron chi connectivity index (χ4n) is 1.84. The Kier molecular flexibility index (Phi) is 3.88. The standard InChI is InChI=1S/C13H17N5O2/c1-8-9(7-15-17-8)12(19)16-11-10(18(2)3)5-6-14-13(11)20-4/h5-7H,1-4H3,(H,15,17)(H,16,19). The lowest BCUT2D eigenvalue weighted by Gasteiger charge is -2.19. The molecule has 1 amide bonds. The van der Waals surface area contributed by atoms with Crippen molar-refractivity contribution in [3.05, 3.63) is 29.7 Å². The van der Waals surface area contributed by atoms with E-state index in [1.165, 1.54) is 13.3 Å². The van der Waals surface area contributed by atoms with Gasteiger partial charge in [0.15, 0.2) is 0 Å². The second-order valence-corrected chi connectivity index (χ2v) is 4.47. The molecule has 106 valence electrons. The Morgan fingerprint density at radius 3 is 2.75 bits per heavy atom. The van der Waals surface area contributed by atoms with Crippen LogP contribution in [0.2, 0.25) is 0 Å². The van der Waals surface area contributed by atoms with E-state index in [1.54, 1.807) is 19.2 Å². The molecule has 2 rings (SSSR count). The topological polar surface area (TPSA) is 83.1 Å². The Balaban J connectivity index is 2.37. The van der Waals surface area contributed by atoms with Crippen LogP contribution in [0, 0.1) is 6.92 Å². The van der Waals surface area contributed by atoms with E-state index in [-0.39, 0.29) is 5.91 Å². The van der Waals surface area contributed by atoms with Crippen LogP contribution in [0.5, 0.6) is 5.88 Å². The fraction of sp³-hybridized carbons (Fsp3) is 0.308. The number of nitrogens with zero attached hydrogens (tertiary/aromatic N) is 3. The third-order valence-corrected chi connectivity index (χ3v) is 2.88. The maximum absolute atomic E-state index is 12.3. The van der Waals surface area contributed by atoms with Crippen molar-refractivity contribution >= 4 is 17.3 Å². The van der Waals surface area contributed by atoms with Gasteiger partial charge in [0.05, 0.1) is 24.6 Å². The molecule has 0 aliphatic carbocycles. The van der Waals surface area contributed by atoms with E-state index in [9.17, 15) is 4.79 Å². The molecule has 2 N–H and O–H groups in total. The highest BCUT2D eigenvalue weighted by atomic mass is 16.5. The summed E-state index contributed by atoms with van der Waals surface area (Å²) in [5.41, 5.74) is 2.54. The molecule has 0 saturated heterocycles. The smallest absolute Gasteiger partial charge is 0.259 e. The molecule has 0 aliphatic heterocycles. The number of rotatable bonds is 4. The largest absolute Gasteiger partial charge is 0.479 e. The number of nitrogens with one attached hydrogen (secondary N) is 2. The van der Waals surface area contributed by atoms with E-state index in [4.69, 9.17) is 4.74 Å². The summed E-state index contributed by atoms with van der Waals surface area (Å²) in [5.74, 6) is 0.108. The molecule has 0 aliphatic rings. The molecule has 2 aromatic rings. The van der Waals surface area contributed by atoms with Crippen molar-refractivity contribution in [2.75, 3.05) is 31.4 Å². The minimum absolute atomic E-state index is 0.259. The van der Waals surface area contributed by atoms with Crippen LogP contribution in [-0.2, 0) is 0 Å². The van der Waals surface area contributed by atoms with E-state index < -0.39 is 0 Å². The van der Waals surface area contributed by atoms with Crippen molar-refractivity contribution in [1.82, 2.24) is 15.2 Å². The first-order valence-electron chi connectivity index (χ1n) is 6.06. The Morgan fingerprint density at radius 1 is 1.45 bits per heavy atom. The Bertz CT molecular complexity index is 621. The molecule has 7 nitrogen and oxygen atoms in total. The second kappa shape index (κ2) is 5.60. The summed E-state index contributed by atoms with van der Waals surface area (Å²) < 4.78 is 5.21. The molecule has 0 radical (unpaired) electrons. The number of aromatic amines is 1. The number of carbonyl (C=O) groups excluding carboxylic acids is 1. The lowest BCUT2D eigenvalue weighted by atomic mass is 10.2. The van der Waals surface area contributed by atoms with E-state index in [1.807, 2.05) is 19.0 Å². The van der Waals surface area contributed by atoms with Crippen LogP contribution in [0.3, 0.4) is 0 Å². The zero-order valence-corrected chi connectivity index (χ0v) is 11.9. The van der Waals surface area contributed by atoms with Crippen molar-refractivity contribution in [3.63, 3.8) is 0 Å². The van der Waals surface area contributed by atoms with Gasteiger partial charge < -0.3 is 15.0 Å². The Hall–Kier alpha value is -2.57. The molecule has 0 aromatic carbocycles. The highest BCUT2D eigenvalue weighted by Crippen LogP contribution is 2.32. The lowest BCUT2D eigenvalue weighted by Crippen LogP contribution is -2.18. The van der Waals surface area contributed by atoms with Crippen molar-refractivity contribution in [1.29, 1.82) is 0 Å². The first kappa shape index (κ1) is 13.9. The number of H-pyrrole nitrogens is 1. The number of methoxy groups -OCH3 is 1. The summed E-state index contributed by atoms with van der Waals surface area (Å²) in [4.78, 5) is 18.3. The molecule has 2 heterocycles. The van der Waals surface area contributed by atoms with Crippen molar-refractivity contribution in [2.45, 2.75) is 6.92 Å². The van der Waals surface area contributed by atoms with Gasteiger partial charge in [0.1, 0.15) is 5.69 Å². The zero-order chi connectivity index (χ0) is 14.7. The average molecular weight is 275 g/mol. The number of aryl methyl sites for hydroxylation is 1. The number of aromatic nitrogens is 3. The normalized spacial score (nSPS) is 10.2. The number of amides is 1. The van der Waals surface area contributed by atoms with Crippen molar-refractivity contribution < 1.29 is 9.53 Å². The molecular weight excluding hydrogens is 258 g/mol. The van der Waals surface area contributed by atoms with Gasteiger partial charge in [-0.2, -0.15) is 5.10 Å². The third kappa shape index (κ3) is 2.56. The maximum atomic E-state index is 12.3. The predicted octanol–water partition coefficient (Wildman–Crippen LogP) is 1.44. The summed E-state index contributed by atoms with van der Waals surface area (Å²) in [5, 5.41) is 9.40. The molecule has 7 heteroatoms. The number of hydrogen-bond donors (Lipinski definition) is 2. The first-order chi connectivity index (χ1) is 9.54. The highest BCUT2D eigenvalue weighted by molar-refractivity contribution is 6.07. The lowest BCUT2D eigenvalue weighted by molar-refractivity contribution is 0.102. The van der Waals surface area contributed by atoms with Gasteiger partial charge in [0.2, 0.25) is 5.88 Å². The van der Waals surface area contributed by atoms with Gasteiger partial charge in [-0.1, -0.05) is 0 Å². The summed E-state index contributed by atoms with van der Waals surface area (Å²) >= 11 is 0. The molecule has 0 bridgehead atoms. The molecule has 0 unspecified atom stereocenters. The van der Waals surface area contributed by atoms with Crippen LogP contribution in [0.1, 0.15) is 16.1 Å². The molecular formula is C13H17N5O2. The van der Waals surface area contributed by atoms with Crippen LogP contribution in [0.4, 0.5) is 11.4 Å². The van der Waals surface area contributed by atoms with Crippen LogP contribution >= 0.6 is 0 Å². The van der Waals surface area contributed by atoms with Gasteiger partial charge in [-0.3, -0.25) is 9.89 Å². The SMILES string of the molecule is COc1nccc(N(C)C)c1NC(=O)c1cn[nH]c1C. The number of hydrogen-bond acceptors (Lipinski definition) is 5. The van der Waals surface area contributed by atoms with Crippen LogP contribution in [0.25, 0.3) is 0 Å². The van der Waals surface area contributed by atoms with Gasteiger partial charge in [-0.25, -0.2) is 4.98 Å². The quantitative estimate of drug-likeness (QED) is 0.882. The zero-order valence-electron chi connectivity index (χ0n) is 11.9. The molecule has 0 fully saturated rings. The number of carbonyl (C=O) groups is 1. The van der Waals surface area contributed by atoms with Crippen LogP contribution < -0.4 is 15.0 Å². The molecule has 2 aromatic heterocycles. The third-order valence-electron chi connectivity index (χ3n) is 2.88. The van der Waals surface area contributed by atoms with E-state index in [0.717, 1.165) is 5.69 Å². The van der Waals surface area contributed by atoms with E-state index in [2.05, 4.69) is 20.5 Å². The fourth-order valence-corrected chi connectivity index (χ4v) is 1.84. The molecule has 0 atom stereocenters. The monoisotopic (exact) mass is 275 g/mol. The van der Waals surface area contributed by atoms with E-state index in [0.29, 0.717) is 22.8 Å². The summed E-state index contributed by atoms with van der Waals surface area (Å²) in [6.45, 7) is 1.79. The van der Waals surface area contributed by atoms with Crippen molar-refractivity contribution in [2.24, 2.45) is 0 Å². The first-order valence-corrected chi connectivity index (χ1v) is 6.06. The van der Waals surface area contributed by atoms with Gasteiger partial charge in [-0.15, -0.1) is 0 Å². The molecule has 0 saturated carbocycles. The van der Waals surface area contributed by atoms with Crippen LogP contribution in [-0.4, -0.2) is 42.3 Å². The summed E-state index contributed by atoms with van der Waals surface area (Å²) in [7, 11) is 5.28. The molecule has 20 heavy (non-hydrogen) atoms. The number of anilines is 2. The Morgan fingerprint density at radius 2 is 2.20 bits per heavy atom. The van der Waals surface area contributed by atoms with Gasteiger partial charge in [-0.05, 0) is 13.0 Å². The number of pyridine rings is 1. The second-order valence-electron chi connectivity index (χ2n) is 4.47. The highest BCUT2D eigenvalue weighted by Gasteiger charge is 2.18.